The van der Waals surface area contributed by atoms with Gasteiger partial charge in [-0.1, -0.05) is 0 Å². The van der Waals surface area contributed by atoms with Gasteiger partial charge in [0.15, 0.2) is 0 Å². The van der Waals surface area contributed by atoms with Crippen LogP contribution in [0.3, 0.4) is 0 Å². The van der Waals surface area contributed by atoms with E-state index in [1.54, 1.807) is 13.3 Å². The van der Waals surface area contributed by atoms with Crippen LogP contribution in [0.2, 0.25) is 0 Å². The van der Waals surface area contributed by atoms with Gasteiger partial charge in [-0.25, -0.2) is 4.98 Å². The van der Waals surface area contributed by atoms with Crippen molar-refractivity contribution in [2.45, 2.75) is 25.5 Å². The molecule has 82 valence electrons. The molecule has 0 aliphatic carbocycles. The van der Waals surface area contributed by atoms with Crippen LogP contribution in [0, 0.1) is 0 Å². The highest BCUT2D eigenvalue weighted by Crippen LogP contribution is 2.20. The molecule has 1 aromatic rings. The van der Waals surface area contributed by atoms with Gasteiger partial charge < -0.3 is 14.8 Å². The van der Waals surface area contributed by atoms with Crippen LogP contribution in [0.15, 0.2) is 18.3 Å². The average Bonchev–Trinajstić information content (AvgIpc) is 2.65. The molecule has 0 amide bonds. The number of ether oxygens (including phenoxy) is 2. The maximum atomic E-state index is 5.48. The second kappa shape index (κ2) is 4.49. The fourth-order valence-electron chi connectivity index (χ4n) is 1.75. The van der Waals surface area contributed by atoms with Crippen molar-refractivity contribution in [3.05, 3.63) is 18.3 Å². The van der Waals surface area contributed by atoms with Crippen molar-refractivity contribution in [2.75, 3.05) is 19.0 Å². The summed E-state index contributed by atoms with van der Waals surface area (Å²) in [6.07, 6.45) is 3.05. The van der Waals surface area contributed by atoms with Crippen molar-refractivity contribution in [1.82, 2.24) is 4.98 Å². The molecule has 0 aromatic carbocycles. The first kappa shape index (κ1) is 10.2. The molecule has 4 heteroatoms. The molecule has 2 heterocycles. The molecule has 2 atom stereocenters. The van der Waals surface area contributed by atoms with Crippen molar-refractivity contribution >= 4 is 5.69 Å². The Bertz CT molecular complexity index is 330. The summed E-state index contributed by atoms with van der Waals surface area (Å²) in [4.78, 5) is 4.06. The normalized spacial score (nSPS) is 25.2. The fraction of sp³-hybridized carbons (Fsp3) is 0.545. The first-order chi connectivity index (χ1) is 7.29. The largest absolute Gasteiger partial charge is 0.481 e. The second-order valence-electron chi connectivity index (χ2n) is 3.70. The third-order valence-corrected chi connectivity index (χ3v) is 2.67. The molecule has 0 spiro atoms. The Balaban J connectivity index is 2.03. The molecule has 1 fully saturated rings. The standard InChI is InChI=1S/C11H16N2O2/c1-8-10(4-6-15-8)13-9-3-5-12-11(7-9)14-2/h3,5,7-8,10H,4,6H2,1-2H3,(H,12,13). The summed E-state index contributed by atoms with van der Waals surface area (Å²) >= 11 is 0. The summed E-state index contributed by atoms with van der Waals surface area (Å²) in [6.45, 7) is 2.92. The highest BCUT2D eigenvalue weighted by Gasteiger charge is 2.23. The van der Waals surface area contributed by atoms with Crippen molar-refractivity contribution in [3.8, 4) is 5.88 Å². The molecule has 15 heavy (non-hydrogen) atoms. The predicted molar refractivity (Wildman–Crippen MR) is 58.2 cm³/mol. The minimum atomic E-state index is 0.268. The molecule has 2 rings (SSSR count). The summed E-state index contributed by atoms with van der Waals surface area (Å²) in [5.74, 6) is 0.631. The molecule has 1 aliphatic rings. The van der Waals surface area contributed by atoms with E-state index in [0.717, 1.165) is 18.7 Å². The van der Waals surface area contributed by atoms with Crippen LogP contribution < -0.4 is 10.1 Å². The summed E-state index contributed by atoms with van der Waals surface area (Å²) in [7, 11) is 1.62. The monoisotopic (exact) mass is 208 g/mol. The van der Waals surface area contributed by atoms with Gasteiger partial charge >= 0.3 is 0 Å². The Morgan fingerprint density at radius 2 is 2.47 bits per heavy atom. The molecular formula is C11H16N2O2. The van der Waals surface area contributed by atoms with Gasteiger partial charge in [0.05, 0.1) is 19.3 Å². The van der Waals surface area contributed by atoms with E-state index in [2.05, 4.69) is 17.2 Å². The zero-order valence-corrected chi connectivity index (χ0v) is 9.06. The Hall–Kier alpha value is -1.29. The van der Waals surface area contributed by atoms with Gasteiger partial charge in [-0.3, -0.25) is 0 Å². The topological polar surface area (TPSA) is 43.4 Å². The first-order valence-electron chi connectivity index (χ1n) is 5.18. The Morgan fingerprint density at radius 3 is 3.13 bits per heavy atom. The number of anilines is 1. The van der Waals surface area contributed by atoms with Crippen LogP contribution in [0.1, 0.15) is 13.3 Å². The van der Waals surface area contributed by atoms with Gasteiger partial charge in [-0.05, 0) is 19.4 Å². The fourth-order valence-corrected chi connectivity index (χ4v) is 1.75. The molecule has 1 aromatic heterocycles. The maximum absolute atomic E-state index is 5.48. The molecule has 1 N–H and O–H groups in total. The highest BCUT2D eigenvalue weighted by atomic mass is 16.5. The van der Waals surface area contributed by atoms with Gasteiger partial charge in [-0.15, -0.1) is 0 Å². The Labute approximate surface area is 89.6 Å². The van der Waals surface area contributed by atoms with E-state index >= 15 is 0 Å². The summed E-state index contributed by atoms with van der Waals surface area (Å²) in [5.41, 5.74) is 1.03. The molecular weight excluding hydrogens is 192 g/mol. The van der Waals surface area contributed by atoms with Gasteiger partial charge in [0.2, 0.25) is 5.88 Å². The quantitative estimate of drug-likeness (QED) is 0.820. The smallest absolute Gasteiger partial charge is 0.214 e. The van der Waals surface area contributed by atoms with Gasteiger partial charge in [0, 0.05) is 24.6 Å². The molecule has 1 saturated heterocycles. The van der Waals surface area contributed by atoms with Crippen molar-refractivity contribution in [1.29, 1.82) is 0 Å². The van der Waals surface area contributed by atoms with Crippen LogP contribution in [0.4, 0.5) is 5.69 Å². The van der Waals surface area contributed by atoms with E-state index in [0.29, 0.717) is 11.9 Å². The molecule has 2 unspecified atom stereocenters. The van der Waals surface area contributed by atoms with Crippen LogP contribution in [0.5, 0.6) is 5.88 Å². The maximum Gasteiger partial charge on any atom is 0.214 e. The minimum Gasteiger partial charge on any atom is -0.481 e. The van der Waals surface area contributed by atoms with E-state index in [4.69, 9.17) is 9.47 Å². The molecule has 0 bridgehead atoms. The lowest BCUT2D eigenvalue weighted by Crippen LogP contribution is -2.26. The highest BCUT2D eigenvalue weighted by molar-refractivity contribution is 5.46. The lowest BCUT2D eigenvalue weighted by molar-refractivity contribution is 0.121. The number of nitrogens with one attached hydrogen (secondary N) is 1. The van der Waals surface area contributed by atoms with Crippen LogP contribution in [-0.4, -0.2) is 30.8 Å². The van der Waals surface area contributed by atoms with E-state index in [-0.39, 0.29) is 6.10 Å². The third-order valence-electron chi connectivity index (χ3n) is 2.67. The van der Waals surface area contributed by atoms with Crippen LogP contribution in [0.25, 0.3) is 0 Å². The number of nitrogens with zero attached hydrogens (tertiary/aromatic N) is 1. The Kier molecular flexibility index (Phi) is 3.06. The molecule has 0 radical (unpaired) electrons. The van der Waals surface area contributed by atoms with E-state index in [1.807, 2.05) is 12.1 Å². The average molecular weight is 208 g/mol. The summed E-state index contributed by atoms with van der Waals surface area (Å²) in [6, 6.07) is 4.22. The second-order valence-corrected chi connectivity index (χ2v) is 3.70. The minimum absolute atomic E-state index is 0.268. The third kappa shape index (κ3) is 2.39. The summed E-state index contributed by atoms with van der Waals surface area (Å²) < 4.78 is 10.5. The summed E-state index contributed by atoms with van der Waals surface area (Å²) in [5, 5.41) is 3.42. The molecule has 0 saturated carbocycles. The number of aromatic nitrogens is 1. The number of hydrogen-bond acceptors (Lipinski definition) is 4. The van der Waals surface area contributed by atoms with E-state index in [9.17, 15) is 0 Å². The number of hydrogen-bond donors (Lipinski definition) is 1. The van der Waals surface area contributed by atoms with Crippen LogP contribution >= 0.6 is 0 Å². The van der Waals surface area contributed by atoms with Gasteiger partial charge in [0.1, 0.15) is 0 Å². The van der Waals surface area contributed by atoms with Crippen LogP contribution in [-0.2, 0) is 4.74 Å². The zero-order chi connectivity index (χ0) is 10.7. The lowest BCUT2D eigenvalue weighted by Gasteiger charge is -2.17. The zero-order valence-electron chi connectivity index (χ0n) is 9.06. The Morgan fingerprint density at radius 1 is 1.60 bits per heavy atom. The van der Waals surface area contributed by atoms with Gasteiger partial charge in [-0.2, -0.15) is 0 Å². The predicted octanol–water partition coefficient (Wildman–Crippen LogP) is 1.68. The SMILES string of the molecule is COc1cc(NC2CCOC2C)ccn1. The van der Waals surface area contributed by atoms with E-state index < -0.39 is 0 Å². The van der Waals surface area contributed by atoms with Crippen molar-refractivity contribution in [3.63, 3.8) is 0 Å². The number of methoxy groups -OCH3 is 1. The number of rotatable bonds is 3. The van der Waals surface area contributed by atoms with Crippen molar-refractivity contribution < 1.29 is 9.47 Å². The first-order valence-corrected chi connectivity index (χ1v) is 5.18. The van der Waals surface area contributed by atoms with E-state index in [1.165, 1.54) is 0 Å². The molecule has 1 aliphatic heterocycles. The lowest BCUT2D eigenvalue weighted by atomic mass is 10.1. The van der Waals surface area contributed by atoms with Gasteiger partial charge in [0.25, 0.3) is 0 Å². The molecule has 4 nitrogen and oxygen atoms in total. The van der Waals surface area contributed by atoms with Crippen molar-refractivity contribution in [2.24, 2.45) is 0 Å². The number of pyridine rings is 1.